The zero-order chi connectivity index (χ0) is 12.0. The Kier molecular flexibility index (Phi) is 7.51. The smallest absolute Gasteiger partial charge is 0.284 e. The fraction of sp³-hybridized carbons (Fsp3) is 0. The van der Waals surface area contributed by atoms with Crippen molar-refractivity contribution in [3.05, 3.63) is 71.8 Å². The monoisotopic (exact) mass is 274 g/mol. The Morgan fingerprint density at radius 1 is 0.647 bits per heavy atom. The van der Waals surface area contributed by atoms with Crippen molar-refractivity contribution in [2.24, 2.45) is 0 Å². The second-order valence-corrected chi connectivity index (χ2v) is 2.71. The standard InChI is InChI=1S/2C6H3F2.Ti/c2*7-5-1-2-6(8)4-3-5;/h2*1-3H;/q2*-1;+2. The van der Waals surface area contributed by atoms with Crippen LogP contribution in [-0.4, -0.2) is 0 Å². The first-order valence-electron chi connectivity index (χ1n) is 4.23. The minimum Gasteiger partial charge on any atom is -0.284 e. The average molecular weight is 274 g/mol. The molecule has 86 valence electrons. The summed E-state index contributed by atoms with van der Waals surface area (Å²) in [6, 6.07) is 10.2. The molecule has 0 saturated heterocycles. The molecule has 0 amide bonds. The van der Waals surface area contributed by atoms with Gasteiger partial charge in [-0.05, 0) is 0 Å². The minimum atomic E-state index is -0.536. The second-order valence-electron chi connectivity index (χ2n) is 2.71. The van der Waals surface area contributed by atoms with E-state index in [4.69, 9.17) is 0 Å². The first-order chi connectivity index (χ1) is 7.58. The van der Waals surface area contributed by atoms with Crippen LogP contribution in [0.25, 0.3) is 0 Å². The van der Waals surface area contributed by atoms with Crippen LogP contribution < -0.4 is 0 Å². The molecule has 0 unspecified atom stereocenters. The van der Waals surface area contributed by atoms with Crippen LogP contribution in [-0.2, 0) is 21.7 Å². The molecular formula is C12H6F4Ti. The molecule has 0 bridgehead atoms. The van der Waals surface area contributed by atoms with E-state index >= 15 is 0 Å². The third kappa shape index (κ3) is 6.92. The first-order valence-corrected chi connectivity index (χ1v) is 4.23. The normalized spacial score (nSPS) is 8.71. The maximum Gasteiger partial charge on any atom is 2.00 e. The molecule has 0 aliphatic carbocycles. The van der Waals surface area contributed by atoms with Gasteiger partial charge in [-0.3, -0.25) is 8.78 Å². The molecule has 0 N–H and O–H groups in total. The second kappa shape index (κ2) is 8.04. The van der Waals surface area contributed by atoms with Crippen LogP contribution in [0.15, 0.2) is 36.4 Å². The fourth-order valence-corrected chi connectivity index (χ4v) is 0.774. The molecule has 5 heteroatoms. The summed E-state index contributed by atoms with van der Waals surface area (Å²) in [6.07, 6.45) is 0. The van der Waals surface area contributed by atoms with Gasteiger partial charge in [0, 0.05) is 23.3 Å². The van der Waals surface area contributed by atoms with Crippen molar-refractivity contribution >= 4 is 0 Å². The van der Waals surface area contributed by atoms with E-state index in [0.29, 0.717) is 0 Å². The molecule has 0 fully saturated rings. The fourth-order valence-electron chi connectivity index (χ4n) is 0.774. The van der Waals surface area contributed by atoms with Gasteiger partial charge in [-0.1, -0.05) is 0 Å². The summed E-state index contributed by atoms with van der Waals surface area (Å²) in [5.74, 6) is -2.00. The number of benzene rings is 2. The van der Waals surface area contributed by atoms with Crippen LogP contribution in [0.3, 0.4) is 0 Å². The van der Waals surface area contributed by atoms with Crippen molar-refractivity contribution < 1.29 is 39.3 Å². The van der Waals surface area contributed by atoms with Gasteiger partial charge in [0.2, 0.25) is 0 Å². The maximum atomic E-state index is 11.9. The van der Waals surface area contributed by atoms with Gasteiger partial charge in [-0.2, -0.15) is 0 Å². The topological polar surface area (TPSA) is 0 Å². The van der Waals surface area contributed by atoms with Gasteiger partial charge in [-0.15, -0.1) is 48.5 Å². The van der Waals surface area contributed by atoms with Crippen molar-refractivity contribution in [1.29, 1.82) is 0 Å². The molecule has 0 spiro atoms. The van der Waals surface area contributed by atoms with Crippen molar-refractivity contribution in [1.82, 2.24) is 0 Å². The Balaban J connectivity index is 0.000000284. The summed E-state index contributed by atoms with van der Waals surface area (Å²) < 4.78 is 47.5. The molecule has 2 aromatic carbocycles. The summed E-state index contributed by atoms with van der Waals surface area (Å²) >= 11 is 0. The van der Waals surface area contributed by atoms with Crippen LogP contribution in [0.1, 0.15) is 0 Å². The van der Waals surface area contributed by atoms with Crippen LogP contribution in [0.5, 0.6) is 0 Å². The van der Waals surface area contributed by atoms with E-state index in [-0.39, 0.29) is 21.7 Å². The molecule has 0 heterocycles. The predicted molar refractivity (Wildman–Crippen MR) is 50.4 cm³/mol. The third-order valence-electron chi connectivity index (χ3n) is 1.47. The number of hydrogen-bond donors (Lipinski definition) is 0. The number of halogens is 4. The SMILES string of the molecule is Fc1[c-]cc(F)cc1.Fc1[c-]cc(F)cc1.[Ti+2]. The summed E-state index contributed by atoms with van der Waals surface area (Å²) in [5, 5.41) is 0. The van der Waals surface area contributed by atoms with Gasteiger partial charge in [0.25, 0.3) is 0 Å². The summed E-state index contributed by atoms with van der Waals surface area (Å²) in [6.45, 7) is 0. The van der Waals surface area contributed by atoms with Crippen LogP contribution in [0.2, 0.25) is 0 Å². The number of rotatable bonds is 0. The largest absolute Gasteiger partial charge is 2.00 e. The summed E-state index contributed by atoms with van der Waals surface area (Å²) in [4.78, 5) is 0. The Labute approximate surface area is 111 Å². The Bertz CT molecular complexity index is 340. The molecule has 2 rings (SSSR count). The Morgan fingerprint density at radius 3 is 1.18 bits per heavy atom. The van der Waals surface area contributed by atoms with E-state index in [2.05, 4.69) is 12.1 Å². The first kappa shape index (κ1) is 15.9. The average Bonchev–Trinajstić information content (AvgIpc) is 2.28. The van der Waals surface area contributed by atoms with E-state index in [9.17, 15) is 17.6 Å². The van der Waals surface area contributed by atoms with Crippen LogP contribution >= 0.6 is 0 Å². The Morgan fingerprint density at radius 2 is 1.00 bits per heavy atom. The molecule has 17 heavy (non-hydrogen) atoms. The van der Waals surface area contributed by atoms with Gasteiger partial charge < -0.3 is 0 Å². The third-order valence-corrected chi connectivity index (χ3v) is 1.47. The van der Waals surface area contributed by atoms with E-state index in [1.165, 1.54) is 0 Å². The quantitative estimate of drug-likeness (QED) is 0.391. The molecular weight excluding hydrogens is 268 g/mol. The molecule has 0 atom stereocenters. The van der Waals surface area contributed by atoms with Crippen molar-refractivity contribution in [2.75, 3.05) is 0 Å². The molecule has 2 aromatic rings. The van der Waals surface area contributed by atoms with Gasteiger partial charge >= 0.3 is 21.7 Å². The van der Waals surface area contributed by atoms with Crippen LogP contribution in [0, 0.1) is 35.4 Å². The van der Waals surface area contributed by atoms with Crippen molar-refractivity contribution in [3.63, 3.8) is 0 Å². The zero-order valence-electron chi connectivity index (χ0n) is 8.48. The molecule has 0 radical (unpaired) electrons. The number of hydrogen-bond acceptors (Lipinski definition) is 0. The van der Waals surface area contributed by atoms with E-state index in [0.717, 1.165) is 36.4 Å². The van der Waals surface area contributed by atoms with Crippen molar-refractivity contribution in [3.8, 4) is 0 Å². The van der Waals surface area contributed by atoms with Crippen molar-refractivity contribution in [2.45, 2.75) is 0 Å². The van der Waals surface area contributed by atoms with Gasteiger partial charge in [-0.25, -0.2) is 8.78 Å². The molecule has 0 aliphatic rings. The minimum absolute atomic E-state index is 0. The summed E-state index contributed by atoms with van der Waals surface area (Å²) in [7, 11) is 0. The Hall–Kier alpha value is -1.13. The van der Waals surface area contributed by atoms with Gasteiger partial charge in [0.05, 0.1) is 0 Å². The predicted octanol–water partition coefficient (Wildman–Crippen LogP) is 3.53. The van der Waals surface area contributed by atoms with Gasteiger partial charge in [0.15, 0.2) is 0 Å². The van der Waals surface area contributed by atoms with Gasteiger partial charge in [0.1, 0.15) is 0 Å². The van der Waals surface area contributed by atoms with E-state index in [1.807, 2.05) is 0 Å². The molecule has 0 aromatic heterocycles. The zero-order valence-corrected chi connectivity index (χ0v) is 10.0. The van der Waals surface area contributed by atoms with E-state index in [1.54, 1.807) is 0 Å². The van der Waals surface area contributed by atoms with Crippen LogP contribution in [0.4, 0.5) is 17.6 Å². The summed E-state index contributed by atoms with van der Waals surface area (Å²) in [5.41, 5.74) is 0. The molecule has 0 saturated carbocycles. The molecule has 0 aliphatic heterocycles. The maximum absolute atomic E-state index is 11.9. The molecule has 0 nitrogen and oxygen atoms in total. The van der Waals surface area contributed by atoms with E-state index < -0.39 is 23.3 Å².